The molecule has 0 spiro atoms. The van der Waals surface area contributed by atoms with Crippen LogP contribution >= 0.6 is 0 Å². The van der Waals surface area contributed by atoms with Crippen molar-refractivity contribution in [2.45, 2.75) is 32.2 Å². The molecule has 140 valence electrons. The number of imide groups is 1. The van der Waals surface area contributed by atoms with Crippen molar-refractivity contribution < 1.29 is 14.4 Å². The van der Waals surface area contributed by atoms with Gasteiger partial charge in [-0.2, -0.15) is 5.10 Å². The summed E-state index contributed by atoms with van der Waals surface area (Å²) < 4.78 is 1.73. The van der Waals surface area contributed by atoms with Crippen LogP contribution in [-0.4, -0.2) is 38.9 Å². The quantitative estimate of drug-likeness (QED) is 0.821. The maximum Gasteiger partial charge on any atom is 0.244 e. The number of benzene rings is 1. The summed E-state index contributed by atoms with van der Waals surface area (Å²) in [7, 11) is 0. The average Bonchev–Trinajstić information content (AvgIpc) is 3.21. The maximum atomic E-state index is 12.5. The molecular formula is C20H22N4O3. The van der Waals surface area contributed by atoms with Gasteiger partial charge in [0.05, 0.1) is 30.3 Å². The molecule has 2 unspecified atom stereocenters. The number of anilines is 1. The van der Waals surface area contributed by atoms with E-state index in [1.807, 2.05) is 30.3 Å². The Morgan fingerprint density at radius 3 is 2.41 bits per heavy atom. The number of aromatic nitrogens is 2. The minimum absolute atomic E-state index is 0.195. The molecule has 0 bridgehead atoms. The molecule has 1 N–H and O–H groups in total. The predicted molar refractivity (Wildman–Crippen MR) is 98.6 cm³/mol. The smallest absolute Gasteiger partial charge is 0.244 e. The molecule has 1 saturated heterocycles. The Kier molecular flexibility index (Phi) is 4.75. The standard InChI is InChI=1S/C20H22N4O3/c25-18(13-24-19(26)16-8-4-5-9-17(16)20(24)27)22-15-10-21-23(12-15)11-14-6-2-1-3-7-14/h1-3,6-7,10,12,16-17H,4-5,8-9,11,13H2,(H,22,25). The minimum Gasteiger partial charge on any atom is -0.322 e. The van der Waals surface area contributed by atoms with Gasteiger partial charge in [-0.15, -0.1) is 0 Å². The molecule has 27 heavy (non-hydrogen) atoms. The summed E-state index contributed by atoms with van der Waals surface area (Å²) in [5.41, 5.74) is 1.65. The van der Waals surface area contributed by atoms with Gasteiger partial charge in [-0.25, -0.2) is 0 Å². The van der Waals surface area contributed by atoms with Crippen molar-refractivity contribution in [3.63, 3.8) is 0 Å². The zero-order chi connectivity index (χ0) is 18.8. The normalized spacial score (nSPS) is 22.0. The van der Waals surface area contributed by atoms with Gasteiger partial charge in [0.25, 0.3) is 0 Å². The number of carbonyl (C=O) groups is 3. The molecule has 1 saturated carbocycles. The molecule has 2 fully saturated rings. The lowest BCUT2D eigenvalue weighted by atomic mass is 9.81. The topological polar surface area (TPSA) is 84.3 Å². The first-order valence-electron chi connectivity index (χ1n) is 9.33. The molecule has 1 aromatic carbocycles. The van der Waals surface area contributed by atoms with Crippen LogP contribution in [0.5, 0.6) is 0 Å². The van der Waals surface area contributed by atoms with E-state index in [-0.39, 0.29) is 36.1 Å². The highest BCUT2D eigenvalue weighted by atomic mass is 16.2. The van der Waals surface area contributed by atoms with E-state index in [0.29, 0.717) is 12.2 Å². The van der Waals surface area contributed by atoms with Crippen LogP contribution in [0.15, 0.2) is 42.7 Å². The fourth-order valence-corrected chi connectivity index (χ4v) is 4.02. The van der Waals surface area contributed by atoms with Gasteiger partial charge in [-0.05, 0) is 18.4 Å². The molecule has 4 rings (SSSR count). The van der Waals surface area contributed by atoms with Crippen molar-refractivity contribution in [1.29, 1.82) is 0 Å². The lowest BCUT2D eigenvalue weighted by molar-refractivity contribution is -0.142. The van der Waals surface area contributed by atoms with E-state index in [1.54, 1.807) is 17.1 Å². The Balaban J connectivity index is 1.36. The second-order valence-corrected chi connectivity index (χ2v) is 7.22. The summed E-state index contributed by atoms with van der Waals surface area (Å²) in [6.45, 7) is 0.373. The number of carbonyl (C=O) groups excluding carboxylic acids is 3. The number of rotatable bonds is 5. The zero-order valence-electron chi connectivity index (χ0n) is 15.0. The molecule has 2 aromatic rings. The van der Waals surface area contributed by atoms with Crippen LogP contribution in [0.4, 0.5) is 5.69 Å². The Bertz CT molecular complexity index is 837. The predicted octanol–water partition coefficient (Wildman–Crippen LogP) is 2.05. The molecule has 0 radical (unpaired) electrons. The van der Waals surface area contributed by atoms with Crippen LogP contribution in [0.1, 0.15) is 31.2 Å². The third kappa shape index (κ3) is 3.63. The number of hydrogen-bond acceptors (Lipinski definition) is 4. The van der Waals surface area contributed by atoms with E-state index >= 15 is 0 Å². The number of likely N-dealkylation sites (tertiary alicyclic amines) is 1. The zero-order valence-corrected chi connectivity index (χ0v) is 15.0. The number of nitrogens with zero attached hydrogens (tertiary/aromatic N) is 3. The summed E-state index contributed by atoms with van der Waals surface area (Å²) in [6, 6.07) is 9.88. The van der Waals surface area contributed by atoms with Crippen molar-refractivity contribution in [2.75, 3.05) is 11.9 Å². The molecule has 2 atom stereocenters. The van der Waals surface area contributed by atoms with Gasteiger partial charge in [0, 0.05) is 6.20 Å². The first-order valence-corrected chi connectivity index (χ1v) is 9.33. The second kappa shape index (κ2) is 7.34. The van der Waals surface area contributed by atoms with E-state index in [9.17, 15) is 14.4 Å². The highest BCUT2D eigenvalue weighted by molar-refractivity contribution is 6.08. The van der Waals surface area contributed by atoms with Gasteiger partial charge in [0.1, 0.15) is 6.54 Å². The summed E-state index contributed by atoms with van der Waals surface area (Å²) >= 11 is 0. The lowest BCUT2D eigenvalue weighted by Gasteiger charge is -2.19. The Labute approximate surface area is 157 Å². The number of fused-ring (bicyclic) bond motifs is 1. The van der Waals surface area contributed by atoms with Crippen molar-refractivity contribution in [3.8, 4) is 0 Å². The molecule has 1 aliphatic heterocycles. The first kappa shape index (κ1) is 17.5. The van der Waals surface area contributed by atoms with Crippen molar-refractivity contribution in [3.05, 3.63) is 48.3 Å². The largest absolute Gasteiger partial charge is 0.322 e. The summed E-state index contributed by atoms with van der Waals surface area (Å²) in [4.78, 5) is 38.4. The van der Waals surface area contributed by atoms with Crippen LogP contribution in [0, 0.1) is 11.8 Å². The van der Waals surface area contributed by atoms with Gasteiger partial charge in [0.15, 0.2) is 0 Å². The van der Waals surface area contributed by atoms with Gasteiger partial charge in [-0.3, -0.25) is 24.0 Å². The molecule has 7 heteroatoms. The summed E-state index contributed by atoms with van der Waals surface area (Å²) in [5.74, 6) is -1.23. The van der Waals surface area contributed by atoms with E-state index in [1.165, 1.54) is 0 Å². The molecule has 3 amide bonds. The Hall–Kier alpha value is -2.96. The minimum atomic E-state index is -0.380. The maximum absolute atomic E-state index is 12.5. The van der Waals surface area contributed by atoms with Crippen LogP contribution in [0.2, 0.25) is 0 Å². The van der Waals surface area contributed by atoms with Crippen LogP contribution in [0.3, 0.4) is 0 Å². The monoisotopic (exact) mass is 366 g/mol. The van der Waals surface area contributed by atoms with Gasteiger partial charge >= 0.3 is 0 Å². The van der Waals surface area contributed by atoms with Crippen molar-refractivity contribution in [2.24, 2.45) is 11.8 Å². The lowest BCUT2D eigenvalue weighted by Crippen LogP contribution is -2.38. The number of amides is 3. The average molecular weight is 366 g/mol. The third-order valence-corrected chi connectivity index (χ3v) is 5.34. The van der Waals surface area contributed by atoms with E-state index < -0.39 is 0 Å². The Morgan fingerprint density at radius 1 is 1.07 bits per heavy atom. The van der Waals surface area contributed by atoms with Crippen LogP contribution in [-0.2, 0) is 20.9 Å². The molecule has 2 aliphatic rings. The summed E-state index contributed by atoms with van der Waals surface area (Å²) in [5, 5.41) is 6.97. The van der Waals surface area contributed by atoms with E-state index in [0.717, 1.165) is 36.1 Å². The number of nitrogens with one attached hydrogen (secondary N) is 1. The fraction of sp³-hybridized carbons (Fsp3) is 0.400. The molecule has 1 aliphatic carbocycles. The second-order valence-electron chi connectivity index (χ2n) is 7.22. The van der Waals surface area contributed by atoms with Gasteiger partial charge in [0.2, 0.25) is 17.7 Å². The van der Waals surface area contributed by atoms with Gasteiger partial charge in [-0.1, -0.05) is 43.2 Å². The summed E-state index contributed by atoms with van der Waals surface area (Å²) in [6.07, 6.45) is 6.74. The van der Waals surface area contributed by atoms with Crippen LogP contribution < -0.4 is 5.32 Å². The van der Waals surface area contributed by atoms with Crippen molar-refractivity contribution in [1.82, 2.24) is 14.7 Å². The third-order valence-electron chi connectivity index (χ3n) is 5.34. The fourth-order valence-electron chi connectivity index (χ4n) is 4.02. The highest BCUT2D eigenvalue weighted by Gasteiger charge is 2.48. The SMILES string of the molecule is O=C(CN1C(=O)C2CCCCC2C1=O)Nc1cnn(Cc2ccccc2)c1. The molecular weight excluding hydrogens is 344 g/mol. The number of hydrogen-bond donors (Lipinski definition) is 1. The first-order chi connectivity index (χ1) is 13.1. The Morgan fingerprint density at radius 2 is 1.74 bits per heavy atom. The van der Waals surface area contributed by atoms with E-state index in [2.05, 4.69) is 10.4 Å². The molecule has 1 aromatic heterocycles. The molecule has 2 heterocycles. The van der Waals surface area contributed by atoms with Gasteiger partial charge < -0.3 is 5.32 Å². The van der Waals surface area contributed by atoms with E-state index in [4.69, 9.17) is 0 Å². The van der Waals surface area contributed by atoms with Crippen LogP contribution in [0.25, 0.3) is 0 Å². The molecule has 7 nitrogen and oxygen atoms in total. The van der Waals surface area contributed by atoms with Crippen molar-refractivity contribution >= 4 is 23.4 Å². The highest BCUT2D eigenvalue weighted by Crippen LogP contribution is 2.37.